The molecule has 0 aliphatic heterocycles. The molecule has 0 saturated carbocycles. The molecule has 0 unspecified atom stereocenters. The average Bonchev–Trinajstić information content (AvgIpc) is 3.08. The molecule has 0 radical (unpaired) electrons. The Morgan fingerprint density at radius 3 is 2.48 bits per heavy atom. The van der Waals surface area contributed by atoms with Crippen LogP contribution in [0.3, 0.4) is 0 Å². The number of aromatic nitrogens is 2. The van der Waals surface area contributed by atoms with E-state index in [9.17, 15) is 13.2 Å². The lowest BCUT2D eigenvalue weighted by molar-refractivity contribution is -0.113. The van der Waals surface area contributed by atoms with Gasteiger partial charge in [-0.05, 0) is 31.2 Å². The predicted molar refractivity (Wildman–Crippen MR) is 108 cm³/mol. The van der Waals surface area contributed by atoms with Crippen LogP contribution < -0.4 is 5.32 Å². The van der Waals surface area contributed by atoms with E-state index in [2.05, 4.69) is 15.5 Å². The minimum absolute atomic E-state index is 0.125. The van der Waals surface area contributed by atoms with Crippen molar-refractivity contribution in [3.8, 4) is 0 Å². The molecule has 0 spiro atoms. The highest BCUT2D eigenvalue weighted by Crippen LogP contribution is 2.25. The van der Waals surface area contributed by atoms with Gasteiger partial charge in [-0.1, -0.05) is 47.2 Å². The van der Waals surface area contributed by atoms with Crippen LogP contribution in [0.1, 0.15) is 10.6 Å². The molecule has 3 aromatic rings. The van der Waals surface area contributed by atoms with Crippen molar-refractivity contribution >= 4 is 44.0 Å². The highest BCUT2D eigenvalue weighted by molar-refractivity contribution is 7.98. The molecule has 27 heavy (non-hydrogen) atoms. The normalized spacial score (nSPS) is 11.3. The van der Waals surface area contributed by atoms with Gasteiger partial charge in [-0.3, -0.25) is 10.1 Å². The van der Waals surface area contributed by atoms with Gasteiger partial charge in [0.15, 0.2) is 9.84 Å². The topological polar surface area (TPSA) is 89.0 Å². The number of amides is 1. The van der Waals surface area contributed by atoms with Crippen molar-refractivity contribution in [2.75, 3.05) is 11.1 Å². The SMILES string of the molecule is Cc1ccc(S(=O)(=O)CC(=O)Nc2nnc(CSc3ccccc3)s2)cc1. The third kappa shape index (κ3) is 5.62. The number of carbonyl (C=O) groups excluding carboxylic acids is 1. The number of anilines is 1. The molecule has 6 nitrogen and oxygen atoms in total. The van der Waals surface area contributed by atoms with Gasteiger partial charge in [0.1, 0.15) is 10.8 Å². The van der Waals surface area contributed by atoms with E-state index in [-0.39, 0.29) is 4.90 Å². The maximum atomic E-state index is 12.3. The number of nitrogens with zero attached hydrogens (tertiary/aromatic N) is 2. The van der Waals surface area contributed by atoms with Gasteiger partial charge in [-0.25, -0.2) is 8.42 Å². The number of thioether (sulfide) groups is 1. The second-order valence-corrected chi connectivity index (χ2v) is 9.82. The zero-order valence-corrected chi connectivity index (χ0v) is 16.9. The van der Waals surface area contributed by atoms with E-state index in [1.54, 1.807) is 23.9 Å². The zero-order chi connectivity index (χ0) is 19.3. The van der Waals surface area contributed by atoms with Crippen LogP contribution in [0.5, 0.6) is 0 Å². The van der Waals surface area contributed by atoms with Crippen LogP contribution >= 0.6 is 23.1 Å². The summed E-state index contributed by atoms with van der Waals surface area (Å²) >= 11 is 2.85. The second kappa shape index (κ2) is 8.64. The van der Waals surface area contributed by atoms with Crippen LogP contribution in [-0.4, -0.2) is 30.3 Å². The highest BCUT2D eigenvalue weighted by Gasteiger charge is 2.20. The maximum Gasteiger partial charge on any atom is 0.241 e. The molecule has 1 aromatic heterocycles. The van der Waals surface area contributed by atoms with Crippen molar-refractivity contribution in [1.82, 2.24) is 10.2 Å². The van der Waals surface area contributed by atoms with Gasteiger partial charge in [-0.2, -0.15) is 0 Å². The number of benzene rings is 2. The number of hydrogen-bond acceptors (Lipinski definition) is 7. The molecule has 1 N–H and O–H groups in total. The molecule has 0 aliphatic carbocycles. The van der Waals surface area contributed by atoms with Crippen LogP contribution in [0.25, 0.3) is 0 Å². The van der Waals surface area contributed by atoms with Gasteiger partial charge in [0.2, 0.25) is 11.0 Å². The molecule has 0 atom stereocenters. The summed E-state index contributed by atoms with van der Waals surface area (Å²) in [7, 11) is -3.70. The summed E-state index contributed by atoms with van der Waals surface area (Å²) < 4.78 is 24.6. The molecule has 3 rings (SSSR count). The molecule has 140 valence electrons. The highest BCUT2D eigenvalue weighted by atomic mass is 32.2. The molecule has 0 fully saturated rings. The Labute approximate surface area is 166 Å². The van der Waals surface area contributed by atoms with Crippen molar-refractivity contribution in [1.29, 1.82) is 0 Å². The molecule has 2 aromatic carbocycles. The van der Waals surface area contributed by atoms with Crippen molar-refractivity contribution in [3.63, 3.8) is 0 Å². The Hall–Kier alpha value is -2.23. The Balaban J connectivity index is 1.56. The van der Waals surface area contributed by atoms with E-state index in [0.29, 0.717) is 10.9 Å². The smallest absolute Gasteiger partial charge is 0.241 e. The Bertz CT molecular complexity index is 1020. The number of hydrogen-bond donors (Lipinski definition) is 1. The minimum Gasteiger partial charge on any atom is -0.300 e. The summed E-state index contributed by atoms with van der Waals surface area (Å²) in [4.78, 5) is 13.3. The predicted octanol–water partition coefficient (Wildman–Crippen LogP) is 3.55. The first-order valence-corrected chi connectivity index (χ1v) is 11.5. The van der Waals surface area contributed by atoms with Gasteiger partial charge >= 0.3 is 0 Å². The monoisotopic (exact) mass is 419 g/mol. The summed E-state index contributed by atoms with van der Waals surface area (Å²) in [6.45, 7) is 1.87. The lowest BCUT2D eigenvalue weighted by Crippen LogP contribution is -2.23. The van der Waals surface area contributed by atoms with Gasteiger partial charge < -0.3 is 0 Å². The fraction of sp³-hybridized carbons (Fsp3) is 0.167. The standard InChI is InChI=1S/C18H17N3O3S3/c1-13-7-9-15(10-8-13)27(23,24)12-16(22)19-18-21-20-17(26-18)11-25-14-5-3-2-4-6-14/h2-10H,11-12H2,1H3,(H,19,21,22). The Morgan fingerprint density at radius 1 is 1.07 bits per heavy atom. The van der Waals surface area contributed by atoms with E-state index in [1.807, 2.05) is 37.3 Å². The third-order valence-electron chi connectivity index (χ3n) is 3.52. The van der Waals surface area contributed by atoms with Gasteiger partial charge in [0.05, 0.1) is 10.6 Å². The first-order valence-electron chi connectivity index (χ1n) is 8.02. The fourth-order valence-corrected chi connectivity index (χ4v) is 4.98. The number of rotatable bonds is 7. The Kier molecular flexibility index (Phi) is 6.25. The molecule has 0 bridgehead atoms. The van der Waals surface area contributed by atoms with Gasteiger partial charge in [0, 0.05) is 4.90 Å². The summed E-state index contributed by atoms with van der Waals surface area (Å²) in [5.41, 5.74) is 0.952. The van der Waals surface area contributed by atoms with E-state index < -0.39 is 21.5 Å². The van der Waals surface area contributed by atoms with E-state index in [4.69, 9.17) is 0 Å². The molecule has 1 heterocycles. The number of nitrogens with one attached hydrogen (secondary N) is 1. The van der Waals surface area contributed by atoms with Crippen LogP contribution in [0.2, 0.25) is 0 Å². The lowest BCUT2D eigenvalue weighted by atomic mass is 10.2. The number of carbonyl (C=O) groups is 1. The largest absolute Gasteiger partial charge is 0.300 e. The zero-order valence-electron chi connectivity index (χ0n) is 14.5. The number of sulfone groups is 1. The quantitative estimate of drug-likeness (QED) is 0.589. The number of aryl methyl sites for hydroxylation is 1. The van der Waals surface area contributed by atoms with Crippen molar-refractivity contribution in [2.24, 2.45) is 0 Å². The minimum atomic E-state index is -3.70. The van der Waals surface area contributed by atoms with Crippen molar-refractivity contribution < 1.29 is 13.2 Å². The summed E-state index contributed by atoms with van der Waals surface area (Å²) in [5, 5.41) is 11.5. The van der Waals surface area contributed by atoms with Crippen LogP contribution in [-0.2, 0) is 20.4 Å². The Morgan fingerprint density at radius 2 is 1.78 bits per heavy atom. The third-order valence-corrected chi connectivity index (χ3v) is 7.20. The van der Waals surface area contributed by atoms with Gasteiger partial charge in [0.25, 0.3) is 0 Å². The van der Waals surface area contributed by atoms with Gasteiger partial charge in [-0.15, -0.1) is 22.0 Å². The van der Waals surface area contributed by atoms with Crippen LogP contribution in [0, 0.1) is 6.92 Å². The van der Waals surface area contributed by atoms with E-state index >= 15 is 0 Å². The summed E-state index contributed by atoms with van der Waals surface area (Å²) in [6, 6.07) is 16.3. The maximum absolute atomic E-state index is 12.3. The van der Waals surface area contributed by atoms with E-state index in [0.717, 1.165) is 15.5 Å². The molecule has 9 heteroatoms. The average molecular weight is 420 g/mol. The summed E-state index contributed by atoms with van der Waals surface area (Å²) in [6.07, 6.45) is 0. The first kappa shape index (κ1) is 19.5. The second-order valence-electron chi connectivity index (χ2n) is 5.72. The fourth-order valence-electron chi connectivity index (χ4n) is 2.18. The molecular weight excluding hydrogens is 402 g/mol. The van der Waals surface area contributed by atoms with Crippen molar-refractivity contribution in [2.45, 2.75) is 22.5 Å². The first-order chi connectivity index (χ1) is 12.9. The van der Waals surface area contributed by atoms with E-state index in [1.165, 1.54) is 23.5 Å². The summed E-state index contributed by atoms with van der Waals surface area (Å²) in [5.74, 6) is -0.642. The molecule has 0 saturated heterocycles. The molecular formula is C18H17N3O3S3. The molecule has 0 aliphatic rings. The van der Waals surface area contributed by atoms with Crippen LogP contribution in [0.4, 0.5) is 5.13 Å². The van der Waals surface area contributed by atoms with Crippen molar-refractivity contribution in [3.05, 3.63) is 65.2 Å². The molecule has 1 amide bonds. The lowest BCUT2D eigenvalue weighted by Gasteiger charge is -2.04. The van der Waals surface area contributed by atoms with Crippen LogP contribution in [0.15, 0.2) is 64.4 Å².